The summed E-state index contributed by atoms with van der Waals surface area (Å²) in [6.07, 6.45) is 3.18. The normalized spacial score (nSPS) is 12.6. The van der Waals surface area contributed by atoms with Gasteiger partial charge in [0.05, 0.1) is 16.3 Å². The van der Waals surface area contributed by atoms with Crippen LogP contribution in [0.15, 0.2) is 54.6 Å². The van der Waals surface area contributed by atoms with Crippen LogP contribution in [0.2, 0.25) is 0 Å². The lowest BCUT2D eigenvalue weighted by molar-refractivity contribution is -0.126. The molecule has 5 heteroatoms. The van der Waals surface area contributed by atoms with Crippen molar-refractivity contribution in [1.82, 2.24) is 9.88 Å². The lowest BCUT2D eigenvalue weighted by Gasteiger charge is -2.21. The Morgan fingerprint density at radius 2 is 1.92 bits per heavy atom. The molecule has 0 saturated carbocycles. The van der Waals surface area contributed by atoms with Crippen molar-refractivity contribution >= 4 is 33.5 Å². The monoisotopic (exact) mass is 340 g/mol. The van der Waals surface area contributed by atoms with Gasteiger partial charge in [-0.05, 0) is 42.8 Å². The van der Waals surface area contributed by atoms with E-state index in [1.54, 1.807) is 41.5 Å². The first kappa shape index (κ1) is 16.3. The van der Waals surface area contributed by atoms with Crippen molar-refractivity contribution in [3.05, 3.63) is 71.0 Å². The van der Waals surface area contributed by atoms with Crippen LogP contribution in [0.1, 0.15) is 23.5 Å². The Kier molecular flexibility index (Phi) is 4.71. The number of benzene rings is 2. The molecule has 1 unspecified atom stereocenters. The molecule has 122 valence electrons. The third kappa shape index (κ3) is 3.51. The summed E-state index contributed by atoms with van der Waals surface area (Å²) in [5, 5.41) is 0.905. The Morgan fingerprint density at radius 1 is 1.21 bits per heavy atom. The van der Waals surface area contributed by atoms with Gasteiger partial charge in [-0.3, -0.25) is 4.79 Å². The summed E-state index contributed by atoms with van der Waals surface area (Å²) >= 11 is 1.60. The fraction of sp³-hybridized carbons (Fsp3) is 0.158. The predicted octanol–water partition coefficient (Wildman–Crippen LogP) is 4.67. The van der Waals surface area contributed by atoms with Gasteiger partial charge in [-0.15, -0.1) is 11.3 Å². The molecule has 1 amide bonds. The largest absolute Gasteiger partial charge is 0.333 e. The fourth-order valence-corrected chi connectivity index (χ4v) is 3.35. The van der Waals surface area contributed by atoms with E-state index >= 15 is 0 Å². The van der Waals surface area contributed by atoms with E-state index < -0.39 is 0 Å². The molecule has 0 N–H and O–H groups in total. The molecule has 0 spiro atoms. The topological polar surface area (TPSA) is 33.2 Å². The minimum absolute atomic E-state index is 0.118. The fourth-order valence-electron chi connectivity index (χ4n) is 2.28. The second kappa shape index (κ2) is 6.93. The summed E-state index contributed by atoms with van der Waals surface area (Å²) in [6, 6.07) is 13.8. The second-order valence-corrected chi connectivity index (χ2v) is 6.59. The van der Waals surface area contributed by atoms with Crippen LogP contribution in [0.5, 0.6) is 0 Å². The first-order chi connectivity index (χ1) is 11.5. The van der Waals surface area contributed by atoms with Gasteiger partial charge in [0, 0.05) is 13.1 Å². The van der Waals surface area contributed by atoms with E-state index in [-0.39, 0.29) is 17.8 Å². The van der Waals surface area contributed by atoms with Crippen LogP contribution < -0.4 is 0 Å². The molecule has 3 aromatic rings. The highest BCUT2D eigenvalue weighted by Crippen LogP contribution is 2.28. The van der Waals surface area contributed by atoms with Crippen molar-refractivity contribution in [1.29, 1.82) is 0 Å². The Bertz CT molecular complexity index is 853. The van der Waals surface area contributed by atoms with Gasteiger partial charge in [-0.1, -0.05) is 24.3 Å². The quantitative estimate of drug-likeness (QED) is 0.647. The molecule has 0 aliphatic rings. The zero-order valence-electron chi connectivity index (χ0n) is 13.4. The minimum Gasteiger partial charge on any atom is -0.333 e. The zero-order chi connectivity index (χ0) is 17.1. The van der Waals surface area contributed by atoms with Crippen molar-refractivity contribution in [2.75, 3.05) is 7.05 Å². The van der Waals surface area contributed by atoms with Crippen molar-refractivity contribution in [2.24, 2.45) is 0 Å². The molecule has 1 atom stereocenters. The zero-order valence-corrected chi connectivity index (χ0v) is 14.3. The maximum Gasteiger partial charge on any atom is 0.246 e. The Labute approximate surface area is 144 Å². The summed E-state index contributed by atoms with van der Waals surface area (Å²) < 4.78 is 14.0. The van der Waals surface area contributed by atoms with Crippen LogP contribution in [0.4, 0.5) is 4.39 Å². The van der Waals surface area contributed by atoms with E-state index in [4.69, 9.17) is 0 Å². The third-order valence-electron chi connectivity index (χ3n) is 3.88. The number of hydrogen-bond donors (Lipinski definition) is 0. The molecule has 0 fully saturated rings. The number of rotatable bonds is 4. The number of nitrogens with zero attached hydrogens (tertiary/aromatic N) is 2. The van der Waals surface area contributed by atoms with Crippen LogP contribution >= 0.6 is 11.3 Å². The highest BCUT2D eigenvalue weighted by molar-refractivity contribution is 7.18. The van der Waals surface area contributed by atoms with Gasteiger partial charge in [0.1, 0.15) is 10.8 Å². The highest BCUT2D eigenvalue weighted by atomic mass is 32.1. The molecule has 1 aromatic heterocycles. The molecule has 0 saturated heterocycles. The van der Waals surface area contributed by atoms with Gasteiger partial charge >= 0.3 is 0 Å². The number of para-hydroxylation sites is 1. The molecule has 3 rings (SSSR count). The second-order valence-electron chi connectivity index (χ2n) is 5.53. The molecule has 0 aliphatic carbocycles. The molecular weight excluding hydrogens is 323 g/mol. The summed E-state index contributed by atoms with van der Waals surface area (Å²) in [7, 11) is 1.76. The summed E-state index contributed by atoms with van der Waals surface area (Å²) in [5.41, 5.74) is 1.73. The standard InChI is InChI=1S/C19H17FN2OS/c1-13(19-21-16-5-3-4-6-17(16)24-19)22(2)18(23)12-9-14-7-10-15(20)11-8-14/h3-13H,1-2H3. The number of amides is 1. The number of hydrogen-bond acceptors (Lipinski definition) is 3. The van der Waals surface area contributed by atoms with E-state index in [1.807, 2.05) is 31.2 Å². The summed E-state index contributed by atoms with van der Waals surface area (Å²) in [4.78, 5) is 18.6. The van der Waals surface area contributed by atoms with E-state index in [1.165, 1.54) is 18.2 Å². The first-order valence-corrected chi connectivity index (χ1v) is 8.42. The molecule has 3 nitrogen and oxygen atoms in total. The predicted molar refractivity (Wildman–Crippen MR) is 96.2 cm³/mol. The lowest BCUT2D eigenvalue weighted by atomic mass is 10.2. The minimum atomic E-state index is -0.292. The molecular formula is C19H17FN2OS. The summed E-state index contributed by atoms with van der Waals surface area (Å²) in [6.45, 7) is 1.96. The number of thiazole rings is 1. The lowest BCUT2D eigenvalue weighted by Crippen LogP contribution is -2.27. The van der Waals surface area contributed by atoms with Gasteiger partial charge in [0.15, 0.2) is 0 Å². The summed E-state index contributed by atoms with van der Waals surface area (Å²) in [5.74, 6) is -0.411. The van der Waals surface area contributed by atoms with Crippen LogP contribution in [0.25, 0.3) is 16.3 Å². The Balaban J connectivity index is 1.73. The highest BCUT2D eigenvalue weighted by Gasteiger charge is 2.19. The first-order valence-electron chi connectivity index (χ1n) is 7.60. The number of likely N-dealkylation sites (N-methyl/N-ethyl adjacent to an activating group) is 1. The number of carbonyl (C=O) groups excluding carboxylic acids is 1. The van der Waals surface area contributed by atoms with Crippen LogP contribution in [0.3, 0.4) is 0 Å². The van der Waals surface area contributed by atoms with Crippen molar-refractivity contribution in [2.45, 2.75) is 13.0 Å². The number of halogens is 1. The Hall–Kier alpha value is -2.53. The Morgan fingerprint density at radius 3 is 2.62 bits per heavy atom. The molecule has 0 radical (unpaired) electrons. The maximum atomic E-state index is 12.9. The molecule has 2 aromatic carbocycles. The van der Waals surface area contributed by atoms with Crippen molar-refractivity contribution < 1.29 is 9.18 Å². The van der Waals surface area contributed by atoms with E-state index in [2.05, 4.69) is 4.98 Å². The molecule has 24 heavy (non-hydrogen) atoms. The number of aromatic nitrogens is 1. The van der Waals surface area contributed by atoms with Crippen molar-refractivity contribution in [3.63, 3.8) is 0 Å². The SMILES string of the molecule is CC(c1nc2ccccc2s1)N(C)C(=O)C=Cc1ccc(F)cc1. The molecule has 1 heterocycles. The van der Waals surface area contributed by atoms with Crippen LogP contribution in [-0.2, 0) is 4.79 Å². The molecule has 0 aliphatic heterocycles. The van der Waals surface area contributed by atoms with Crippen LogP contribution in [-0.4, -0.2) is 22.8 Å². The van der Waals surface area contributed by atoms with Crippen LogP contribution in [0, 0.1) is 5.82 Å². The smallest absolute Gasteiger partial charge is 0.246 e. The number of fused-ring (bicyclic) bond motifs is 1. The van der Waals surface area contributed by atoms with E-state index in [0.717, 1.165) is 20.8 Å². The van der Waals surface area contributed by atoms with Gasteiger partial charge in [0.25, 0.3) is 0 Å². The average Bonchev–Trinajstić information content (AvgIpc) is 3.03. The van der Waals surface area contributed by atoms with E-state index in [9.17, 15) is 9.18 Å². The third-order valence-corrected chi connectivity index (χ3v) is 5.09. The number of carbonyl (C=O) groups is 1. The van der Waals surface area contributed by atoms with Gasteiger partial charge in [-0.25, -0.2) is 9.37 Å². The maximum absolute atomic E-state index is 12.9. The average molecular weight is 340 g/mol. The van der Waals surface area contributed by atoms with Gasteiger partial charge < -0.3 is 4.90 Å². The van der Waals surface area contributed by atoms with Crippen molar-refractivity contribution in [3.8, 4) is 0 Å². The van der Waals surface area contributed by atoms with Gasteiger partial charge in [-0.2, -0.15) is 0 Å². The van der Waals surface area contributed by atoms with Gasteiger partial charge in [0.2, 0.25) is 5.91 Å². The van der Waals surface area contributed by atoms with E-state index in [0.29, 0.717) is 0 Å². The molecule has 0 bridgehead atoms.